The highest BCUT2D eigenvalue weighted by Crippen LogP contribution is 2.32. The summed E-state index contributed by atoms with van der Waals surface area (Å²) < 4.78 is 0. The maximum absolute atomic E-state index is 4.80. The lowest BCUT2D eigenvalue weighted by Crippen LogP contribution is -2.33. The van der Waals surface area contributed by atoms with E-state index in [1.54, 1.807) is 0 Å². The number of aliphatic imine (C=N–C) groups is 1. The van der Waals surface area contributed by atoms with Crippen LogP contribution in [0.15, 0.2) is 16.6 Å². The maximum Gasteiger partial charge on any atom is 0.0637 e. The summed E-state index contributed by atoms with van der Waals surface area (Å²) >= 11 is 0. The van der Waals surface area contributed by atoms with Crippen LogP contribution in [0.5, 0.6) is 0 Å². The van der Waals surface area contributed by atoms with E-state index in [4.69, 9.17) is 4.99 Å². The molecule has 0 aromatic heterocycles. The summed E-state index contributed by atoms with van der Waals surface area (Å²) in [6.45, 7) is 9.12. The first-order valence-electron chi connectivity index (χ1n) is 6.58. The highest BCUT2D eigenvalue weighted by atomic mass is 14.9. The molecule has 1 fully saturated rings. The summed E-state index contributed by atoms with van der Waals surface area (Å²) in [5.41, 5.74) is 1.62. The largest absolute Gasteiger partial charge is 0.317 e. The number of dihydropyridines is 1. The lowest BCUT2D eigenvalue weighted by molar-refractivity contribution is 0.340. The third kappa shape index (κ3) is 2.37. The van der Waals surface area contributed by atoms with Crippen molar-refractivity contribution in [3.8, 4) is 0 Å². The maximum atomic E-state index is 4.80. The van der Waals surface area contributed by atoms with Gasteiger partial charge in [-0.05, 0) is 56.7 Å². The van der Waals surface area contributed by atoms with Crippen molar-refractivity contribution in [3.05, 3.63) is 11.6 Å². The quantitative estimate of drug-likeness (QED) is 0.760. The molecule has 0 amide bonds. The molecule has 0 spiro atoms. The topological polar surface area (TPSA) is 24.4 Å². The molecular weight excluding hydrogens is 196 g/mol. The zero-order valence-electron chi connectivity index (χ0n) is 10.8. The Morgan fingerprint density at radius 3 is 2.56 bits per heavy atom. The van der Waals surface area contributed by atoms with Gasteiger partial charge in [-0.3, -0.25) is 4.99 Å². The van der Waals surface area contributed by atoms with Crippen LogP contribution in [0, 0.1) is 11.8 Å². The van der Waals surface area contributed by atoms with Gasteiger partial charge in [0.15, 0.2) is 0 Å². The average Bonchev–Trinajstić information content (AvgIpc) is 2.31. The number of piperidine rings is 1. The standard InChI is InChI=1S/C14H24N2/c1-11(2)14(3)7-4-13(10-16-14)12-5-8-15-9-6-12/h4,10-12,15H,5-9H2,1-3H3/t14-/m0/s1. The second-order valence-corrected chi connectivity index (χ2v) is 5.70. The minimum atomic E-state index is 0.135. The van der Waals surface area contributed by atoms with Gasteiger partial charge in [-0.1, -0.05) is 19.9 Å². The first-order chi connectivity index (χ1) is 7.62. The molecule has 1 saturated heterocycles. The van der Waals surface area contributed by atoms with Crippen LogP contribution in [0.1, 0.15) is 40.0 Å². The zero-order valence-corrected chi connectivity index (χ0v) is 10.8. The first-order valence-corrected chi connectivity index (χ1v) is 6.58. The monoisotopic (exact) mass is 220 g/mol. The van der Waals surface area contributed by atoms with Crippen LogP contribution in [0.3, 0.4) is 0 Å². The molecule has 0 saturated carbocycles. The van der Waals surface area contributed by atoms with Crippen molar-refractivity contribution in [2.45, 2.75) is 45.6 Å². The molecule has 0 unspecified atom stereocenters. The molecule has 0 radical (unpaired) electrons. The van der Waals surface area contributed by atoms with Crippen LogP contribution in [-0.4, -0.2) is 24.8 Å². The molecule has 1 atom stereocenters. The average molecular weight is 220 g/mol. The van der Waals surface area contributed by atoms with Gasteiger partial charge in [-0.2, -0.15) is 0 Å². The van der Waals surface area contributed by atoms with E-state index in [1.807, 2.05) is 0 Å². The van der Waals surface area contributed by atoms with Crippen molar-refractivity contribution in [1.29, 1.82) is 0 Å². The minimum Gasteiger partial charge on any atom is -0.317 e. The van der Waals surface area contributed by atoms with E-state index in [1.165, 1.54) is 18.4 Å². The van der Waals surface area contributed by atoms with Gasteiger partial charge in [-0.15, -0.1) is 0 Å². The fourth-order valence-corrected chi connectivity index (χ4v) is 2.46. The molecule has 2 aliphatic heterocycles. The van der Waals surface area contributed by atoms with Crippen molar-refractivity contribution < 1.29 is 0 Å². The Hall–Kier alpha value is -0.630. The number of rotatable bonds is 2. The first kappa shape index (κ1) is 11.8. The number of nitrogens with one attached hydrogen (secondary N) is 1. The third-order valence-electron chi connectivity index (χ3n) is 4.31. The Labute approximate surface area is 99.2 Å². The lowest BCUT2D eigenvalue weighted by atomic mass is 9.81. The summed E-state index contributed by atoms with van der Waals surface area (Å²) in [6, 6.07) is 0. The lowest BCUT2D eigenvalue weighted by Gasteiger charge is -2.33. The Kier molecular flexibility index (Phi) is 3.48. The predicted molar refractivity (Wildman–Crippen MR) is 70.0 cm³/mol. The normalized spacial score (nSPS) is 31.9. The van der Waals surface area contributed by atoms with Gasteiger partial charge >= 0.3 is 0 Å². The number of hydrogen-bond acceptors (Lipinski definition) is 2. The van der Waals surface area contributed by atoms with Crippen molar-refractivity contribution >= 4 is 6.21 Å². The van der Waals surface area contributed by atoms with Gasteiger partial charge < -0.3 is 5.32 Å². The van der Waals surface area contributed by atoms with E-state index in [-0.39, 0.29) is 5.54 Å². The summed E-state index contributed by atoms with van der Waals surface area (Å²) in [5.74, 6) is 1.37. The van der Waals surface area contributed by atoms with E-state index >= 15 is 0 Å². The Morgan fingerprint density at radius 1 is 1.38 bits per heavy atom. The Balaban J connectivity index is 2.01. The van der Waals surface area contributed by atoms with Crippen molar-refractivity contribution in [1.82, 2.24) is 5.32 Å². The zero-order chi connectivity index (χ0) is 11.6. The van der Waals surface area contributed by atoms with E-state index in [0.29, 0.717) is 5.92 Å². The van der Waals surface area contributed by atoms with Crippen LogP contribution < -0.4 is 5.32 Å². The predicted octanol–water partition coefficient (Wildman–Crippen LogP) is 2.80. The summed E-state index contributed by atoms with van der Waals surface area (Å²) in [5, 5.41) is 3.42. The second-order valence-electron chi connectivity index (χ2n) is 5.70. The van der Waals surface area contributed by atoms with Crippen LogP contribution in [0.25, 0.3) is 0 Å². The fourth-order valence-electron chi connectivity index (χ4n) is 2.46. The molecule has 0 aromatic carbocycles. The van der Waals surface area contributed by atoms with Gasteiger partial charge in [0.1, 0.15) is 0 Å². The fraction of sp³-hybridized carbons (Fsp3) is 0.786. The number of hydrogen-bond donors (Lipinski definition) is 1. The molecule has 2 heterocycles. The summed E-state index contributed by atoms with van der Waals surface area (Å²) in [7, 11) is 0. The minimum absolute atomic E-state index is 0.135. The SMILES string of the molecule is CC(C)[C@]1(C)CC=C(C2CCNCC2)C=N1. The molecule has 2 rings (SSSR count). The van der Waals surface area contributed by atoms with Crippen molar-refractivity contribution in [3.63, 3.8) is 0 Å². The number of allylic oxidation sites excluding steroid dienone is 1. The molecule has 2 nitrogen and oxygen atoms in total. The molecule has 2 heteroatoms. The highest BCUT2D eigenvalue weighted by Gasteiger charge is 2.29. The van der Waals surface area contributed by atoms with Crippen LogP contribution in [-0.2, 0) is 0 Å². The van der Waals surface area contributed by atoms with Gasteiger partial charge in [0.25, 0.3) is 0 Å². The van der Waals surface area contributed by atoms with Crippen molar-refractivity contribution in [2.75, 3.05) is 13.1 Å². The van der Waals surface area contributed by atoms with Crippen molar-refractivity contribution in [2.24, 2.45) is 16.8 Å². The molecule has 90 valence electrons. The molecule has 16 heavy (non-hydrogen) atoms. The van der Waals surface area contributed by atoms with E-state index < -0.39 is 0 Å². The summed E-state index contributed by atoms with van der Waals surface area (Å²) in [6.07, 6.45) is 8.25. The van der Waals surface area contributed by atoms with E-state index in [9.17, 15) is 0 Å². The molecule has 1 N–H and O–H groups in total. The van der Waals surface area contributed by atoms with Crippen LogP contribution in [0.2, 0.25) is 0 Å². The number of nitrogens with zero attached hydrogens (tertiary/aromatic N) is 1. The highest BCUT2D eigenvalue weighted by molar-refractivity contribution is 5.80. The smallest absolute Gasteiger partial charge is 0.0637 e. The van der Waals surface area contributed by atoms with Crippen LogP contribution >= 0.6 is 0 Å². The molecule has 2 aliphatic rings. The van der Waals surface area contributed by atoms with Crippen LogP contribution in [0.4, 0.5) is 0 Å². The Bertz CT molecular complexity index is 298. The molecule has 0 aromatic rings. The molecule has 0 aliphatic carbocycles. The molecule has 0 bridgehead atoms. The van der Waals surface area contributed by atoms with Gasteiger partial charge in [0, 0.05) is 6.21 Å². The second kappa shape index (κ2) is 4.70. The van der Waals surface area contributed by atoms with Gasteiger partial charge in [0.2, 0.25) is 0 Å². The van der Waals surface area contributed by atoms with E-state index in [0.717, 1.165) is 25.4 Å². The van der Waals surface area contributed by atoms with Gasteiger partial charge in [0.05, 0.1) is 5.54 Å². The Morgan fingerprint density at radius 2 is 2.06 bits per heavy atom. The molecular formula is C14H24N2. The summed E-state index contributed by atoms with van der Waals surface area (Å²) in [4.78, 5) is 4.80. The third-order valence-corrected chi connectivity index (χ3v) is 4.31. The van der Waals surface area contributed by atoms with Gasteiger partial charge in [-0.25, -0.2) is 0 Å². The van der Waals surface area contributed by atoms with E-state index in [2.05, 4.69) is 38.4 Å².